The van der Waals surface area contributed by atoms with Crippen molar-refractivity contribution in [3.05, 3.63) is 57.2 Å². The summed E-state index contributed by atoms with van der Waals surface area (Å²) in [5.74, 6) is -1.08. The minimum atomic E-state index is -0.784. The predicted molar refractivity (Wildman–Crippen MR) is 107 cm³/mol. The fraction of sp³-hybridized carbons (Fsp3) is 0.286. The van der Waals surface area contributed by atoms with Gasteiger partial charge in [-0.25, -0.2) is 0 Å². The molecule has 1 aromatic heterocycles. The molecule has 0 bridgehead atoms. The Kier molecular flexibility index (Phi) is 4.47. The summed E-state index contributed by atoms with van der Waals surface area (Å²) in [4.78, 5) is 14.8. The second-order valence-electron chi connectivity index (χ2n) is 7.13. The average molecular weight is 403 g/mol. The molecular weight excluding hydrogens is 382 g/mol. The monoisotopic (exact) mass is 402 g/mol. The quantitative estimate of drug-likeness (QED) is 0.609. The third-order valence-electron chi connectivity index (χ3n) is 5.21. The second kappa shape index (κ2) is 7.13. The molecule has 2 aromatic carbocycles. The number of benzene rings is 2. The number of likely N-dealkylation sites (tertiary alicyclic amines) is 1. The van der Waals surface area contributed by atoms with Crippen LogP contribution in [-0.2, 0) is 0 Å². The molecule has 1 saturated heterocycles. The van der Waals surface area contributed by atoms with E-state index in [1.54, 1.807) is 12.1 Å². The summed E-state index contributed by atoms with van der Waals surface area (Å²) in [6, 6.07) is 7.07. The average Bonchev–Trinajstić information content (AvgIpc) is 2.62. The Hall–Kier alpha value is -2.54. The molecule has 2 heterocycles. The van der Waals surface area contributed by atoms with Crippen LogP contribution in [0.5, 0.6) is 11.5 Å². The number of fused-ring (bicyclic) bond motifs is 1. The lowest BCUT2D eigenvalue weighted by Crippen LogP contribution is -2.40. The molecule has 146 valence electrons. The number of likely N-dealkylation sites (N-methyl/N-ethyl adjacent to an activating group) is 1. The number of aliphatic hydroxyl groups is 1. The fourth-order valence-electron chi connectivity index (χ4n) is 3.83. The lowest BCUT2D eigenvalue weighted by molar-refractivity contribution is 0.0630. The first-order valence-corrected chi connectivity index (χ1v) is 9.30. The van der Waals surface area contributed by atoms with E-state index in [-0.39, 0.29) is 44.7 Å². The Bertz CT molecular complexity index is 1140. The molecule has 1 aliphatic rings. The van der Waals surface area contributed by atoms with Gasteiger partial charge >= 0.3 is 0 Å². The van der Waals surface area contributed by atoms with Crippen LogP contribution in [0, 0.1) is 0 Å². The SMILES string of the molecule is [2H]c1cccc(Cl)c1-c1cc(=O)c2c(O)cc(O)c([C@H]3CCN(C)C[C@H]3O)c2o1. The lowest BCUT2D eigenvalue weighted by atomic mass is 9.85. The molecule has 4 rings (SSSR count). The van der Waals surface area contributed by atoms with Crippen molar-refractivity contribution >= 4 is 22.6 Å². The largest absolute Gasteiger partial charge is 0.507 e. The molecule has 1 aliphatic heterocycles. The molecule has 3 aromatic rings. The summed E-state index contributed by atoms with van der Waals surface area (Å²) in [6.45, 7) is 1.09. The predicted octanol–water partition coefficient (Wildman–Crippen LogP) is 3.30. The molecule has 0 spiro atoms. The minimum absolute atomic E-state index is 0.00192. The molecule has 0 amide bonds. The van der Waals surface area contributed by atoms with Crippen molar-refractivity contribution in [1.29, 1.82) is 0 Å². The van der Waals surface area contributed by atoms with Crippen molar-refractivity contribution < 1.29 is 21.1 Å². The Labute approximate surface area is 167 Å². The number of phenols is 2. The van der Waals surface area contributed by atoms with Gasteiger partial charge in [0, 0.05) is 35.7 Å². The number of hydrogen-bond acceptors (Lipinski definition) is 6. The molecule has 3 N–H and O–H groups in total. The number of phenolic OH excluding ortho intramolecular Hbond substituents is 2. The van der Waals surface area contributed by atoms with Crippen molar-refractivity contribution in [1.82, 2.24) is 4.90 Å². The van der Waals surface area contributed by atoms with Crippen LogP contribution in [0.1, 0.15) is 19.3 Å². The zero-order valence-corrected chi connectivity index (χ0v) is 15.9. The highest BCUT2D eigenvalue weighted by molar-refractivity contribution is 6.33. The number of aromatic hydroxyl groups is 2. The Morgan fingerprint density at radius 3 is 2.79 bits per heavy atom. The van der Waals surface area contributed by atoms with Crippen LogP contribution in [0.25, 0.3) is 22.3 Å². The Morgan fingerprint density at radius 2 is 2.07 bits per heavy atom. The van der Waals surface area contributed by atoms with Crippen LogP contribution >= 0.6 is 11.6 Å². The van der Waals surface area contributed by atoms with Gasteiger partial charge in [-0.05, 0) is 32.1 Å². The molecule has 6 nitrogen and oxygen atoms in total. The summed E-state index contributed by atoms with van der Waals surface area (Å²) in [5.41, 5.74) is -0.0125. The summed E-state index contributed by atoms with van der Waals surface area (Å²) < 4.78 is 14.1. The summed E-state index contributed by atoms with van der Waals surface area (Å²) in [7, 11) is 1.89. The van der Waals surface area contributed by atoms with Crippen molar-refractivity contribution in [2.45, 2.75) is 18.4 Å². The maximum absolute atomic E-state index is 12.8. The number of piperidine rings is 1. The van der Waals surface area contributed by atoms with Gasteiger partial charge in [0.2, 0.25) is 0 Å². The first kappa shape index (κ1) is 17.6. The first-order chi connectivity index (χ1) is 13.8. The van der Waals surface area contributed by atoms with Gasteiger partial charge in [0.25, 0.3) is 0 Å². The number of halogens is 1. The standard InChI is InChI=1S/C21H20ClNO5/c1-23-7-6-12(17(27)10-23)19-14(24)8-15(25)20-16(26)9-18(28-21(19)20)11-4-2-3-5-13(11)22/h2-5,8-9,12,17,24-25,27H,6-7,10H2,1H3/t12-,17+/m0/s1/i4D. The zero-order chi connectivity index (χ0) is 20.9. The highest BCUT2D eigenvalue weighted by atomic mass is 35.5. The summed E-state index contributed by atoms with van der Waals surface area (Å²) in [5, 5.41) is 31.6. The van der Waals surface area contributed by atoms with E-state index in [9.17, 15) is 20.1 Å². The van der Waals surface area contributed by atoms with Crippen LogP contribution in [0.3, 0.4) is 0 Å². The summed E-state index contributed by atoms with van der Waals surface area (Å²) >= 11 is 6.23. The van der Waals surface area contributed by atoms with E-state index in [1.807, 2.05) is 11.9 Å². The third-order valence-corrected chi connectivity index (χ3v) is 5.52. The smallest absolute Gasteiger partial charge is 0.197 e. The van der Waals surface area contributed by atoms with E-state index >= 15 is 0 Å². The first-order valence-electron chi connectivity index (χ1n) is 9.42. The number of nitrogens with zero attached hydrogens (tertiary/aromatic N) is 1. The summed E-state index contributed by atoms with van der Waals surface area (Å²) in [6.07, 6.45) is -0.247. The highest BCUT2D eigenvalue weighted by Gasteiger charge is 2.33. The number of aliphatic hydroxyl groups excluding tert-OH is 1. The molecule has 0 radical (unpaired) electrons. The Morgan fingerprint density at radius 1 is 1.29 bits per heavy atom. The van der Waals surface area contributed by atoms with Gasteiger partial charge in [-0.1, -0.05) is 23.7 Å². The van der Waals surface area contributed by atoms with Gasteiger partial charge in [-0.15, -0.1) is 0 Å². The van der Waals surface area contributed by atoms with E-state index in [0.717, 1.165) is 6.07 Å². The third kappa shape index (κ3) is 3.13. The minimum Gasteiger partial charge on any atom is -0.507 e. The van der Waals surface area contributed by atoms with E-state index in [4.69, 9.17) is 17.4 Å². The van der Waals surface area contributed by atoms with Crippen molar-refractivity contribution in [3.8, 4) is 22.8 Å². The highest BCUT2D eigenvalue weighted by Crippen LogP contribution is 2.42. The van der Waals surface area contributed by atoms with E-state index in [1.165, 1.54) is 12.1 Å². The van der Waals surface area contributed by atoms with Crippen LogP contribution in [0.4, 0.5) is 0 Å². The molecule has 2 atom stereocenters. The van der Waals surface area contributed by atoms with Gasteiger partial charge in [-0.2, -0.15) is 0 Å². The van der Waals surface area contributed by atoms with Crippen LogP contribution in [0.2, 0.25) is 5.02 Å². The molecule has 0 saturated carbocycles. The van der Waals surface area contributed by atoms with Gasteiger partial charge in [-0.3, -0.25) is 4.79 Å². The van der Waals surface area contributed by atoms with Gasteiger partial charge in [0.05, 0.1) is 12.5 Å². The molecule has 28 heavy (non-hydrogen) atoms. The Balaban J connectivity index is 2.02. The molecular formula is C21H20ClNO5. The number of hydrogen-bond donors (Lipinski definition) is 3. The lowest BCUT2D eigenvalue weighted by Gasteiger charge is -2.34. The molecule has 1 fully saturated rings. The normalized spacial score (nSPS) is 21.0. The zero-order valence-electron chi connectivity index (χ0n) is 16.1. The number of rotatable bonds is 2. The van der Waals surface area contributed by atoms with E-state index < -0.39 is 23.2 Å². The van der Waals surface area contributed by atoms with E-state index in [0.29, 0.717) is 19.5 Å². The van der Waals surface area contributed by atoms with Gasteiger partial charge in [0.15, 0.2) is 5.43 Å². The van der Waals surface area contributed by atoms with Crippen molar-refractivity contribution in [3.63, 3.8) is 0 Å². The van der Waals surface area contributed by atoms with Crippen LogP contribution < -0.4 is 5.43 Å². The van der Waals surface area contributed by atoms with Crippen LogP contribution in [0.15, 0.2) is 45.6 Å². The van der Waals surface area contributed by atoms with Crippen molar-refractivity contribution in [2.75, 3.05) is 20.1 Å². The maximum Gasteiger partial charge on any atom is 0.197 e. The molecule has 7 heteroatoms. The van der Waals surface area contributed by atoms with Gasteiger partial charge in [0.1, 0.15) is 28.2 Å². The van der Waals surface area contributed by atoms with Crippen molar-refractivity contribution in [2.24, 2.45) is 0 Å². The van der Waals surface area contributed by atoms with Gasteiger partial charge < -0.3 is 24.6 Å². The number of β-amino-alcohol motifs (C(OH)–C–C–N with tert-alkyl or cyclic N) is 1. The maximum atomic E-state index is 12.8. The molecule has 0 unspecified atom stereocenters. The van der Waals surface area contributed by atoms with E-state index in [2.05, 4.69) is 0 Å². The molecule has 0 aliphatic carbocycles. The fourth-order valence-corrected chi connectivity index (χ4v) is 4.06. The second-order valence-corrected chi connectivity index (χ2v) is 7.53. The topological polar surface area (TPSA) is 94.1 Å². The van der Waals surface area contributed by atoms with Crippen LogP contribution in [-0.4, -0.2) is 46.5 Å².